The first-order chi connectivity index (χ1) is 15.9. The third-order valence-electron chi connectivity index (χ3n) is 9.99. The largest absolute Gasteiger partial charge is 0.481 e. The van der Waals surface area contributed by atoms with Crippen molar-refractivity contribution < 1.29 is 25.6 Å². The van der Waals surface area contributed by atoms with Gasteiger partial charge in [-0.05, 0) is 91.7 Å². The van der Waals surface area contributed by atoms with Gasteiger partial charge in [-0.1, -0.05) is 52.2 Å². The number of fused-ring (bicyclic) bond motifs is 5. The maximum absolute atomic E-state index is 11.4. The Morgan fingerprint density at radius 1 is 1.19 bits per heavy atom. The highest BCUT2D eigenvalue weighted by Crippen LogP contribution is 2.67. The predicted molar refractivity (Wildman–Crippen MR) is 122 cm³/mol. The molecule has 0 heterocycles. The van der Waals surface area contributed by atoms with Crippen LogP contribution >= 0.6 is 0 Å². The Morgan fingerprint density at radius 2 is 1.94 bits per heavy atom. The molecule has 0 aliphatic heterocycles. The molecule has 3 fully saturated rings. The molecule has 0 aromatic carbocycles. The zero-order chi connectivity index (χ0) is 26.2. The lowest BCUT2D eigenvalue weighted by molar-refractivity contribution is -0.141. The lowest BCUT2D eigenvalue weighted by atomic mass is 9.46. The maximum atomic E-state index is 11.4. The summed E-state index contributed by atoms with van der Waals surface area (Å²) >= 11 is 0. The SMILES string of the molecule is [2H]C([2H])(CCC(C)C1CCC2C3C(CC[C@]12C)[C@@]1(C)CC[C@]([2H])(O)CC1=C[C@@]3([2H])O)C(C)C(=O)O. The van der Waals surface area contributed by atoms with Crippen LogP contribution in [-0.2, 0) is 4.79 Å². The summed E-state index contributed by atoms with van der Waals surface area (Å²) < 4.78 is 33.7. The van der Waals surface area contributed by atoms with E-state index in [-0.39, 0.29) is 47.3 Å². The zero-order valence-corrected chi connectivity index (χ0v) is 19.7. The van der Waals surface area contributed by atoms with Crippen LogP contribution in [0.2, 0.25) is 0 Å². The first-order valence-corrected chi connectivity index (χ1v) is 12.3. The molecule has 4 aliphatic carbocycles. The van der Waals surface area contributed by atoms with Crippen LogP contribution in [0.3, 0.4) is 0 Å². The maximum Gasteiger partial charge on any atom is 0.306 e. The molecule has 0 aromatic heterocycles. The third kappa shape index (κ3) is 3.90. The molecule has 4 aliphatic rings. The quantitative estimate of drug-likeness (QED) is 0.486. The van der Waals surface area contributed by atoms with Crippen LogP contribution in [0.15, 0.2) is 11.6 Å². The number of carboxylic acids is 1. The number of hydrogen-bond donors (Lipinski definition) is 3. The van der Waals surface area contributed by atoms with Gasteiger partial charge in [0.2, 0.25) is 0 Å². The summed E-state index contributed by atoms with van der Waals surface area (Å²) in [5.41, 5.74) is 0.633. The molecule has 3 N–H and O–H groups in total. The Balaban J connectivity index is 1.56. The van der Waals surface area contributed by atoms with Gasteiger partial charge >= 0.3 is 5.97 Å². The van der Waals surface area contributed by atoms with Crippen LogP contribution in [0.1, 0.15) is 97.3 Å². The van der Waals surface area contributed by atoms with Crippen molar-refractivity contribution in [2.45, 2.75) is 104 Å². The number of carbonyl (C=O) groups is 1. The third-order valence-corrected chi connectivity index (χ3v) is 9.99. The van der Waals surface area contributed by atoms with Gasteiger partial charge in [0.05, 0.1) is 20.8 Å². The summed E-state index contributed by atoms with van der Waals surface area (Å²) in [4.78, 5) is 11.3. The first kappa shape index (κ1) is 18.5. The van der Waals surface area contributed by atoms with Crippen molar-refractivity contribution in [2.75, 3.05) is 0 Å². The molecule has 31 heavy (non-hydrogen) atoms. The minimum Gasteiger partial charge on any atom is -0.481 e. The Kier molecular flexibility index (Phi) is 5.07. The minimum atomic E-state index is -1.75. The van der Waals surface area contributed by atoms with Crippen molar-refractivity contribution in [3.8, 4) is 0 Å². The fourth-order valence-electron chi connectivity index (χ4n) is 8.05. The highest BCUT2D eigenvalue weighted by molar-refractivity contribution is 5.69. The van der Waals surface area contributed by atoms with Crippen LogP contribution in [0.25, 0.3) is 0 Å². The van der Waals surface area contributed by atoms with Gasteiger partial charge in [-0.15, -0.1) is 0 Å². The number of hydrogen-bond acceptors (Lipinski definition) is 3. The standard InChI is InChI=1S/C27H44O4/c1-16(6-5-7-17(2)25(30)31)20-8-9-21-24-22(11-13-27(20,21)4)26(3)12-10-19(28)14-18(26)15-23(24)29/h15-17,19-24,28-29H,5-14H2,1-4H3,(H,30,31)/t16?,17?,19-,20?,21?,22?,23+,24?,26-,27+/m0/s1/i7D2,19D,23D. The molecular weight excluding hydrogens is 388 g/mol. The van der Waals surface area contributed by atoms with Gasteiger partial charge in [-0.25, -0.2) is 0 Å². The van der Waals surface area contributed by atoms with Crippen molar-refractivity contribution in [3.05, 3.63) is 11.6 Å². The van der Waals surface area contributed by atoms with Crippen molar-refractivity contribution in [1.82, 2.24) is 0 Å². The van der Waals surface area contributed by atoms with E-state index >= 15 is 0 Å². The monoisotopic (exact) mass is 436 g/mol. The van der Waals surface area contributed by atoms with E-state index in [1.165, 1.54) is 6.92 Å². The fraction of sp³-hybridized carbons (Fsp3) is 0.889. The molecule has 10 atom stereocenters. The number of rotatable bonds is 6. The minimum absolute atomic E-state index is 0.0483. The van der Waals surface area contributed by atoms with E-state index in [2.05, 4.69) is 20.8 Å². The van der Waals surface area contributed by atoms with Crippen molar-refractivity contribution in [3.63, 3.8) is 0 Å². The van der Waals surface area contributed by atoms with E-state index in [4.69, 9.17) is 5.48 Å². The first-order valence-electron chi connectivity index (χ1n) is 14.3. The Hall–Kier alpha value is -0.870. The second kappa shape index (κ2) is 8.48. The van der Waals surface area contributed by atoms with Gasteiger partial charge in [0.15, 0.2) is 0 Å². The molecule has 4 heteroatoms. The molecule has 0 bridgehead atoms. The molecule has 4 nitrogen and oxygen atoms in total. The fourth-order valence-corrected chi connectivity index (χ4v) is 8.05. The smallest absolute Gasteiger partial charge is 0.306 e. The highest BCUT2D eigenvalue weighted by atomic mass is 16.4. The molecule has 4 rings (SSSR count). The van der Waals surface area contributed by atoms with Crippen LogP contribution in [-0.4, -0.2) is 33.4 Å². The summed E-state index contributed by atoms with van der Waals surface area (Å²) in [6.45, 7) is 8.12. The Labute approximate surface area is 194 Å². The van der Waals surface area contributed by atoms with E-state index in [9.17, 15) is 20.1 Å². The van der Waals surface area contributed by atoms with Crippen molar-refractivity contribution in [1.29, 1.82) is 0 Å². The van der Waals surface area contributed by atoms with Crippen LogP contribution < -0.4 is 0 Å². The van der Waals surface area contributed by atoms with Crippen LogP contribution in [0, 0.1) is 46.3 Å². The van der Waals surface area contributed by atoms with E-state index in [0.29, 0.717) is 25.2 Å². The Morgan fingerprint density at radius 3 is 2.65 bits per heavy atom. The second-order valence-corrected chi connectivity index (χ2v) is 11.5. The summed E-state index contributed by atoms with van der Waals surface area (Å²) in [7, 11) is 0. The molecular formula is C27H44O4. The number of aliphatic carboxylic acids is 1. The molecule has 0 aromatic rings. The normalized spacial score (nSPS) is 53.4. The summed E-state index contributed by atoms with van der Waals surface area (Å²) in [5.74, 6) is -1.42. The van der Waals surface area contributed by atoms with Gasteiger partial charge in [-0.3, -0.25) is 4.79 Å². The molecule has 0 spiro atoms. The summed E-state index contributed by atoms with van der Waals surface area (Å²) in [5, 5.41) is 31.1. The van der Waals surface area contributed by atoms with E-state index in [1.54, 1.807) is 6.08 Å². The van der Waals surface area contributed by atoms with Crippen molar-refractivity contribution in [2.24, 2.45) is 46.3 Å². The molecule has 6 unspecified atom stereocenters. The topological polar surface area (TPSA) is 77.8 Å². The lowest BCUT2D eigenvalue weighted by Gasteiger charge is -2.59. The second-order valence-electron chi connectivity index (χ2n) is 11.5. The van der Waals surface area contributed by atoms with Gasteiger partial charge in [0, 0.05) is 2.74 Å². The molecule has 0 radical (unpaired) electrons. The van der Waals surface area contributed by atoms with Crippen molar-refractivity contribution >= 4 is 5.97 Å². The highest BCUT2D eigenvalue weighted by Gasteiger charge is 2.61. The Bertz CT molecular complexity index is 886. The zero-order valence-electron chi connectivity index (χ0n) is 23.7. The van der Waals surface area contributed by atoms with E-state index in [1.807, 2.05) is 0 Å². The number of aliphatic hydroxyl groups is 2. The van der Waals surface area contributed by atoms with Crippen LogP contribution in [0.5, 0.6) is 0 Å². The van der Waals surface area contributed by atoms with Gasteiger partial charge < -0.3 is 15.3 Å². The summed E-state index contributed by atoms with van der Waals surface area (Å²) in [6, 6.07) is 0. The molecule has 0 amide bonds. The lowest BCUT2D eigenvalue weighted by Crippen LogP contribution is -2.54. The molecule has 0 saturated heterocycles. The van der Waals surface area contributed by atoms with Gasteiger partial charge in [0.25, 0.3) is 0 Å². The average Bonchev–Trinajstić information content (AvgIpc) is 3.09. The molecule has 176 valence electrons. The average molecular weight is 437 g/mol. The van der Waals surface area contributed by atoms with Gasteiger partial charge in [-0.2, -0.15) is 0 Å². The predicted octanol–water partition coefficient (Wildman–Crippen LogP) is 5.42. The summed E-state index contributed by atoms with van der Waals surface area (Å²) in [6.07, 6.45) is 2.66. The van der Waals surface area contributed by atoms with E-state index in [0.717, 1.165) is 31.3 Å². The van der Waals surface area contributed by atoms with Crippen LogP contribution in [0.4, 0.5) is 0 Å². The number of carboxylic acid groups (broad SMARTS) is 1. The van der Waals surface area contributed by atoms with E-state index < -0.39 is 30.4 Å². The van der Waals surface area contributed by atoms with Gasteiger partial charge in [0.1, 0.15) is 0 Å². The molecule has 3 saturated carbocycles.